The Kier molecular flexibility index (Phi) is 16.4. The molecule has 0 spiro atoms. The summed E-state index contributed by atoms with van der Waals surface area (Å²) in [5.41, 5.74) is 1.78. The molecule has 0 saturated heterocycles. The largest absolute Gasteiger partial charge is 0.478 e. The Balaban J connectivity index is 2.14. The standard InChI is InChI=1S/C31H40O3/c1-3-4-5-6-7-8-9-10-11-12-13-14-15-16-17-18-19-20-21-22-29(32)26-28-25-27(2)23-24-30(28)31(33)34/h4-5,7-8,10-11,13-14,16-17,19-20,23-25H,3,6,9,12,15,18,21-22,26H2,1-2H3,(H,33,34)/b5-4-,8-7-,11-10-,14-13-,17-16-,20-19-. The maximum Gasteiger partial charge on any atom is 0.335 e. The van der Waals surface area contributed by atoms with Gasteiger partial charge >= 0.3 is 5.97 Å². The van der Waals surface area contributed by atoms with Crippen LogP contribution in [0.3, 0.4) is 0 Å². The van der Waals surface area contributed by atoms with Crippen molar-refractivity contribution in [3.05, 3.63) is 108 Å². The van der Waals surface area contributed by atoms with E-state index in [0.717, 1.165) is 44.1 Å². The highest BCUT2D eigenvalue weighted by Gasteiger charge is 2.12. The fourth-order valence-corrected chi connectivity index (χ4v) is 3.26. The summed E-state index contributed by atoms with van der Waals surface area (Å²) in [6.07, 6.45) is 33.0. The molecule has 34 heavy (non-hydrogen) atoms. The van der Waals surface area contributed by atoms with E-state index >= 15 is 0 Å². The lowest BCUT2D eigenvalue weighted by molar-refractivity contribution is -0.118. The van der Waals surface area contributed by atoms with Gasteiger partial charge in [-0.05, 0) is 63.5 Å². The van der Waals surface area contributed by atoms with E-state index in [1.807, 2.05) is 13.0 Å². The molecule has 0 aliphatic rings. The number of ketones is 1. The highest BCUT2D eigenvalue weighted by atomic mass is 16.4. The first-order valence-electron chi connectivity index (χ1n) is 12.3. The first kappa shape index (κ1) is 28.8. The molecule has 0 aliphatic carbocycles. The molecule has 3 heteroatoms. The van der Waals surface area contributed by atoms with Crippen LogP contribution in [-0.4, -0.2) is 16.9 Å². The third kappa shape index (κ3) is 14.8. The maximum absolute atomic E-state index is 12.2. The van der Waals surface area contributed by atoms with Gasteiger partial charge in [-0.25, -0.2) is 4.79 Å². The van der Waals surface area contributed by atoms with Gasteiger partial charge in [0, 0.05) is 12.8 Å². The molecule has 0 aliphatic heterocycles. The Morgan fingerprint density at radius 2 is 1.21 bits per heavy atom. The van der Waals surface area contributed by atoms with Crippen molar-refractivity contribution in [2.45, 2.75) is 71.6 Å². The molecule has 0 aromatic heterocycles. The van der Waals surface area contributed by atoms with E-state index < -0.39 is 5.97 Å². The lowest BCUT2D eigenvalue weighted by Gasteiger charge is -2.06. The molecule has 0 atom stereocenters. The van der Waals surface area contributed by atoms with Gasteiger partial charge in [0.05, 0.1) is 5.56 Å². The zero-order valence-electron chi connectivity index (χ0n) is 20.8. The van der Waals surface area contributed by atoms with E-state index in [1.165, 1.54) is 0 Å². The molecule has 0 fully saturated rings. The highest BCUT2D eigenvalue weighted by molar-refractivity contribution is 5.92. The van der Waals surface area contributed by atoms with Crippen LogP contribution in [0.5, 0.6) is 0 Å². The molecule has 0 bridgehead atoms. The van der Waals surface area contributed by atoms with Gasteiger partial charge in [-0.2, -0.15) is 0 Å². The van der Waals surface area contributed by atoms with Crippen LogP contribution < -0.4 is 0 Å². The van der Waals surface area contributed by atoms with E-state index in [9.17, 15) is 14.7 Å². The summed E-state index contributed by atoms with van der Waals surface area (Å²) in [6, 6.07) is 5.12. The molecule has 182 valence electrons. The van der Waals surface area contributed by atoms with Crippen LogP contribution in [-0.2, 0) is 11.2 Å². The first-order chi connectivity index (χ1) is 16.5. The summed E-state index contributed by atoms with van der Waals surface area (Å²) in [5, 5.41) is 9.27. The van der Waals surface area contributed by atoms with Gasteiger partial charge < -0.3 is 5.11 Å². The fourth-order valence-electron chi connectivity index (χ4n) is 3.26. The van der Waals surface area contributed by atoms with Crippen molar-refractivity contribution < 1.29 is 14.7 Å². The monoisotopic (exact) mass is 460 g/mol. The summed E-state index contributed by atoms with van der Waals surface area (Å²) in [4.78, 5) is 23.5. The smallest absolute Gasteiger partial charge is 0.335 e. The summed E-state index contributed by atoms with van der Waals surface area (Å²) in [6.45, 7) is 4.05. The molecule has 1 aromatic carbocycles. The fraction of sp³-hybridized carbons (Fsp3) is 0.355. The number of aryl methyl sites for hydroxylation is 1. The van der Waals surface area contributed by atoms with Gasteiger partial charge in [0.15, 0.2) is 0 Å². The predicted molar refractivity (Wildman–Crippen MR) is 144 cm³/mol. The lowest BCUT2D eigenvalue weighted by Crippen LogP contribution is -2.08. The second-order valence-corrected chi connectivity index (χ2v) is 8.14. The van der Waals surface area contributed by atoms with Gasteiger partial charge in [-0.1, -0.05) is 97.5 Å². The summed E-state index contributed by atoms with van der Waals surface area (Å²) in [7, 11) is 0. The second kappa shape index (κ2) is 19.3. The third-order valence-corrected chi connectivity index (χ3v) is 5.07. The van der Waals surface area contributed by atoms with E-state index in [4.69, 9.17) is 0 Å². The molecule has 1 aromatic rings. The average molecular weight is 461 g/mol. The molecule has 0 unspecified atom stereocenters. The average Bonchev–Trinajstić information content (AvgIpc) is 2.80. The minimum Gasteiger partial charge on any atom is -0.478 e. The number of carboxylic acid groups (broad SMARTS) is 1. The summed E-state index contributed by atoms with van der Waals surface area (Å²) >= 11 is 0. The van der Waals surface area contributed by atoms with Crippen LogP contribution in [0.1, 0.15) is 79.8 Å². The molecule has 0 saturated carbocycles. The molecule has 3 nitrogen and oxygen atoms in total. The number of aromatic carboxylic acids is 1. The Hall–Kier alpha value is -3.20. The number of rotatable bonds is 17. The number of carbonyl (C=O) groups is 2. The van der Waals surface area contributed by atoms with E-state index in [2.05, 4.69) is 73.8 Å². The van der Waals surface area contributed by atoms with Crippen LogP contribution in [0.25, 0.3) is 0 Å². The minimum absolute atomic E-state index is 0.0626. The first-order valence-corrected chi connectivity index (χ1v) is 12.3. The Bertz CT molecular complexity index is 911. The van der Waals surface area contributed by atoms with E-state index in [-0.39, 0.29) is 17.8 Å². The van der Waals surface area contributed by atoms with Crippen molar-refractivity contribution in [3.8, 4) is 0 Å². The predicted octanol–water partition coefficient (Wildman–Crippen LogP) is 8.28. The molecule has 0 radical (unpaired) electrons. The number of carboxylic acids is 1. The van der Waals surface area contributed by atoms with Gasteiger partial charge in [0.1, 0.15) is 5.78 Å². The van der Waals surface area contributed by atoms with Crippen LogP contribution in [0, 0.1) is 6.92 Å². The van der Waals surface area contributed by atoms with E-state index in [1.54, 1.807) is 18.2 Å². The lowest BCUT2D eigenvalue weighted by atomic mass is 9.98. The van der Waals surface area contributed by atoms with Crippen LogP contribution in [0.4, 0.5) is 0 Å². The van der Waals surface area contributed by atoms with Gasteiger partial charge in [-0.3, -0.25) is 4.79 Å². The van der Waals surface area contributed by atoms with Crippen LogP contribution in [0.2, 0.25) is 0 Å². The molecular formula is C31H40O3. The zero-order chi connectivity index (χ0) is 24.9. The Morgan fingerprint density at radius 3 is 1.68 bits per heavy atom. The van der Waals surface area contributed by atoms with Crippen molar-refractivity contribution in [1.82, 2.24) is 0 Å². The van der Waals surface area contributed by atoms with Gasteiger partial charge in [0.2, 0.25) is 0 Å². The molecule has 0 heterocycles. The number of carbonyl (C=O) groups excluding carboxylic acids is 1. The van der Waals surface area contributed by atoms with Crippen molar-refractivity contribution in [2.75, 3.05) is 0 Å². The summed E-state index contributed by atoms with van der Waals surface area (Å²) < 4.78 is 0. The maximum atomic E-state index is 12.2. The molecule has 1 rings (SSSR count). The SMILES string of the molecule is CC/C=C\C/C=C\C/C=C\C/C=C\C/C=C\C/C=C\CCC(=O)Cc1cc(C)ccc1C(=O)O. The summed E-state index contributed by atoms with van der Waals surface area (Å²) in [5.74, 6) is -0.924. The van der Waals surface area contributed by atoms with E-state index in [0.29, 0.717) is 18.4 Å². The number of benzene rings is 1. The quantitative estimate of drug-likeness (QED) is 0.238. The van der Waals surface area contributed by atoms with Crippen molar-refractivity contribution in [3.63, 3.8) is 0 Å². The van der Waals surface area contributed by atoms with Crippen molar-refractivity contribution >= 4 is 11.8 Å². The van der Waals surface area contributed by atoms with Gasteiger partial charge in [-0.15, -0.1) is 0 Å². The van der Waals surface area contributed by atoms with Crippen LogP contribution >= 0.6 is 0 Å². The number of hydrogen-bond donors (Lipinski definition) is 1. The number of allylic oxidation sites excluding steroid dienone is 12. The number of Topliss-reactive ketones (excluding diaryl/α,β-unsaturated/α-hetero) is 1. The zero-order valence-corrected chi connectivity index (χ0v) is 20.8. The minimum atomic E-state index is -0.986. The van der Waals surface area contributed by atoms with Crippen molar-refractivity contribution in [2.24, 2.45) is 0 Å². The molecular weight excluding hydrogens is 420 g/mol. The van der Waals surface area contributed by atoms with Crippen LogP contribution in [0.15, 0.2) is 91.1 Å². The Labute approximate surface area is 206 Å². The molecule has 1 N–H and O–H groups in total. The topological polar surface area (TPSA) is 54.4 Å². The Morgan fingerprint density at radius 1 is 0.735 bits per heavy atom. The highest BCUT2D eigenvalue weighted by Crippen LogP contribution is 2.14. The molecule has 0 amide bonds. The second-order valence-electron chi connectivity index (χ2n) is 8.14. The third-order valence-electron chi connectivity index (χ3n) is 5.07. The van der Waals surface area contributed by atoms with Gasteiger partial charge in [0.25, 0.3) is 0 Å². The van der Waals surface area contributed by atoms with Crippen molar-refractivity contribution in [1.29, 1.82) is 0 Å². The normalized spacial score (nSPS) is 12.5. The number of hydrogen-bond acceptors (Lipinski definition) is 2.